The molecule has 0 aromatic heterocycles. The van der Waals surface area contributed by atoms with Gasteiger partial charge in [0.1, 0.15) is 5.82 Å². The molecule has 2 rings (SSSR count). The Bertz CT molecular complexity index is 331. The third kappa shape index (κ3) is 3.53. The Morgan fingerprint density at radius 2 is 1.76 bits per heavy atom. The number of halogens is 1. The highest BCUT2D eigenvalue weighted by molar-refractivity contribution is 5.16. The number of benzene rings is 1. The Hall–Kier alpha value is -0.890. The Morgan fingerprint density at radius 1 is 1.12 bits per heavy atom. The van der Waals surface area contributed by atoms with Crippen LogP contribution in [-0.4, -0.2) is 13.6 Å². The summed E-state index contributed by atoms with van der Waals surface area (Å²) in [6.07, 6.45) is 6.49. The van der Waals surface area contributed by atoms with Crippen molar-refractivity contribution in [2.45, 2.75) is 32.1 Å². The smallest absolute Gasteiger partial charge is 0.123 e. The summed E-state index contributed by atoms with van der Waals surface area (Å²) in [7, 11) is 2.03. The van der Waals surface area contributed by atoms with E-state index in [1.54, 1.807) is 12.1 Å². The van der Waals surface area contributed by atoms with Gasteiger partial charge in [0.05, 0.1) is 0 Å². The van der Waals surface area contributed by atoms with Crippen molar-refractivity contribution in [2.75, 3.05) is 13.6 Å². The van der Waals surface area contributed by atoms with Gasteiger partial charge < -0.3 is 5.32 Å². The highest BCUT2D eigenvalue weighted by Crippen LogP contribution is 2.32. The van der Waals surface area contributed by atoms with E-state index in [-0.39, 0.29) is 5.82 Å². The highest BCUT2D eigenvalue weighted by Gasteiger charge is 2.24. The predicted molar refractivity (Wildman–Crippen MR) is 69.5 cm³/mol. The molecule has 1 aliphatic rings. The van der Waals surface area contributed by atoms with Crippen LogP contribution in [0.1, 0.15) is 31.2 Å². The second-order valence-corrected chi connectivity index (χ2v) is 5.19. The fourth-order valence-corrected chi connectivity index (χ4v) is 3.01. The van der Waals surface area contributed by atoms with Crippen LogP contribution < -0.4 is 5.32 Å². The molecule has 0 radical (unpaired) electrons. The lowest BCUT2D eigenvalue weighted by molar-refractivity contribution is 0.232. The van der Waals surface area contributed by atoms with Crippen LogP contribution in [0.4, 0.5) is 4.39 Å². The lowest BCUT2D eigenvalue weighted by atomic mass is 9.76. The van der Waals surface area contributed by atoms with E-state index in [0.29, 0.717) is 0 Å². The fraction of sp³-hybridized carbons (Fsp3) is 0.600. The average Bonchev–Trinajstić information content (AvgIpc) is 2.35. The van der Waals surface area contributed by atoms with E-state index in [2.05, 4.69) is 5.32 Å². The minimum Gasteiger partial charge on any atom is -0.319 e. The normalized spacial score (nSPS) is 24.8. The van der Waals surface area contributed by atoms with Gasteiger partial charge in [0, 0.05) is 0 Å². The molecule has 1 nitrogen and oxygen atoms in total. The molecule has 0 spiro atoms. The van der Waals surface area contributed by atoms with E-state index in [4.69, 9.17) is 0 Å². The first kappa shape index (κ1) is 12.6. The topological polar surface area (TPSA) is 12.0 Å². The van der Waals surface area contributed by atoms with Gasteiger partial charge >= 0.3 is 0 Å². The minimum atomic E-state index is -0.135. The molecule has 2 atom stereocenters. The van der Waals surface area contributed by atoms with Crippen LogP contribution in [0.25, 0.3) is 0 Å². The van der Waals surface area contributed by atoms with Crippen molar-refractivity contribution in [1.82, 2.24) is 5.32 Å². The second kappa shape index (κ2) is 6.15. The zero-order valence-electron chi connectivity index (χ0n) is 10.6. The molecule has 1 fully saturated rings. The molecular weight excluding hydrogens is 213 g/mol. The quantitative estimate of drug-likeness (QED) is 0.843. The summed E-state index contributed by atoms with van der Waals surface area (Å²) in [4.78, 5) is 0. The third-order valence-electron chi connectivity index (χ3n) is 3.94. The van der Waals surface area contributed by atoms with Crippen molar-refractivity contribution in [2.24, 2.45) is 11.8 Å². The van der Waals surface area contributed by atoms with Crippen molar-refractivity contribution in [3.05, 3.63) is 35.6 Å². The van der Waals surface area contributed by atoms with Crippen molar-refractivity contribution in [3.63, 3.8) is 0 Å². The van der Waals surface area contributed by atoms with E-state index in [9.17, 15) is 4.39 Å². The van der Waals surface area contributed by atoms with E-state index in [1.165, 1.54) is 31.2 Å². The Kier molecular flexibility index (Phi) is 4.55. The lowest BCUT2D eigenvalue weighted by Gasteiger charge is -2.31. The standard InChI is InChI=1S/C15H22FN/c1-17-11-14-5-3-2-4-13(14)10-12-6-8-15(16)9-7-12/h6-9,13-14,17H,2-5,10-11H2,1H3. The molecule has 0 heterocycles. The van der Waals surface area contributed by atoms with E-state index >= 15 is 0 Å². The zero-order valence-corrected chi connectivity index (χ0v) is 10.6. The molecule has 17 heavy (non-hydrogen) atoms. The monoisotopic (exact) mass is 235 g/mol. The van der Waals surface area contributed by atoms with Crippen molar-refractivity contribution in [3.8, 4) is 0 Å². The number of hydrogen-bond acceptors (Lipinski definition) is 1. The van der Waals surface area contributed by atoms with Crippen molar-refractivity contribution in [1.29, 1.82) is 0 Å². The highest BCUT2D eigenvalue weighted by atomic mass is 19.1. The molecular formula is C15H22FN. The van der Waals surface area contributed by atoms with Gasteiger partial charge in [-0.3, -0.25) is 0 Å². The molecule has 1 saturated carbocycles. The summed E-state index contributed by atoms with van der Waals surface area (Å²) in [6, 6.07) is 7.01. The first-order valence-corrected chi connectivity index (χ1v) is 6.68. The van der Waals surface area contributed by atoms with Gasteiger partial charge in [0.25, 0.3) is 0 Å². The predicted octanol–water partition coefficient (Wildman–Crippen LogP) is 3.39. The van der Waals surface area contributed by atoms with Gasteiger partial charge in [-0.25, -0.2) is 4.39 Å². The van der Waals surface area contributed by atoms with Crippen molar-refractivity contribution < 1.29 is 4.39 Å². The van der Waals surface area contributed by atoms with Gasteiger partial charge in [0.15, 0.2) is 0 Å². The molecule has 1 aliphatic carbocycles. The third-order valence-corrected chi connectivity index (χ3v) is 3.94. The van der Waals surface area contributed by atoms with Gasteiger partial charge in [0.2, 0.25) is 0 Å². The summed E-state index contributed by atoms with van der Waals surface area (Å²) in [5.74, 6) is 1.42. The van der Waals surface area contributed by atoms with E-state index < -0.39 is 0 Å². The molecule has 1 aromatic rings. The molecule has 2 unspecified atom stereocenters. The molecule has 0 amide bonds. The van der Waals surface area contributed by atoms with Crippen LogP contribution in [0.5, 0.6) is 0 Å². The zero-order chi connectivity index (χ0) is 12.1. The van der Waals surface area contributed by atoms with Crippen LogP contribution in [0, 0.1) is 17.7 Å². The van der Waals surface area contributed by atoms with Gasteiger partial charge in [-0.1, -0.05) is 25.0 Å². The SMILES string of the molecule is CNCC1CCCCC1Cc1ccc(F)cc1. The molecule has 1 aromatic carbocycles. The molecule has 94 valence electrons. The largest absolute Gasteiger partial charge is 0.319 e. The molecule has 2 heteroatoms. The maximum Gasteiger partial charge on any atom is 0.123 e. The molecule has 0 bridgehead atoms. The Labute approximate surface area is 103 Å². The average molecular weight is 235 g/mol. The molecule has 0 aliphatic heterocycles. The van der Waals surface area contributed by atoms with E-state index in [0.717, 1.165) is 24.8 Å². The van der Waals surface area contributed by atoms with Gasteiger partial charge in [-0.15, -0.1) is 0 Å². The first-order chi connectivity index (χ1) is 8.29. The summed E-state index contributed by atoms with van der Waals surface area (Å²) in [5.41, 5.74) is 1.28. The summed E-state index contributed by atoms with van der Waals surface area (Å²) in [6.45, 7) is 1.12. The van der Waals surface area contributed by atoms with E-state index in [1.807, 2.05) is 19.2 Å². The summed E-state index contributed by atoms with van der Waals surface area (Å²) in [5, 5.41) is 3.30. The van der Waals surface area contributed by atoms with Gasteiger partial charge in [-0.05, 0) is 62.4 Å². The number of nitrogens with one attached hydrogen (secondary N) is 1. The molecule has 0 saturated heterocycles. The number of rotatable bonds is 4. The summed E-state index contributed by atoms with van der Waals surface area (Å²) < 4.78 is 12.9. The lowest BCUT2D eigenvalue weighted by Crippen LogP contribution is -2.30. The van der Waals surface area contributed by atoms with Crippen LogP contribution in [0.15, 0.2) is 24.3 Å². The van der Waals surface area contributed by atoms with Crippen molar-refractivity contribution >= 4 is 0 Å². The molecule has 1 N–H and O–H groups in total. The van der Waals surface area contributed by atoms with Crippen LogP contribution >= 0.6 is 0 Å². The van der Waals surface area contributed by atoms with Crippen LogP contribution in [0.3, 0.4) is 0 Å². The fourth-order valence-electron chi connectivity index (χ4n) is 3.01. The van der Waals surface area contributed by atoms with Gasteiger partial charge in [-0.2, -0.15) is 0 Å². The Morgan fingerprint density at radius 3 is 2.41 bits per heavy atom. The first-order valence-electron chi connectivity index (χ1n) is 6.68. The summed E-state index contributed by atoms with van der Waals surface area (Å²) >= 11 is 0. The Balaban J connectivity index is 1.97. The van der Waals surface area contributed by atoms with Crippen LogP contribution in [-0.2, 0) is 6.42 Å². The maximum atomic E-state index is 12.9. The minimum absolute atomic E-state index is 0.135. The maximum absolute atomic E-state index is 12.9. The second-order valence-electron chi connectivity index (χ2n) is 5.19. The number of hydrogen-bond donors (Lipinski definition) is 1. The van der Waals surface area contributed by atoms with Crippen LogP contribution in [0.2, 0.25) is 0 Å².